The van der Waals surface area contributed by atoms with Gasteiger partial charge in [-0.05, 0) is 45.7 Å². The molecule has 1 aromatic rings. The number of aryl methyl sites for hydroxylation is 1. The third kappa shape index (κ3) is 2.65. The average molecular weight is 261 g/mol. The highest BCUT2D eigenvalue weighted by molar-refractivity contribution is 5.24. The van der Waals surface area contributed by atoms with E-state index in [1.54, 1.807) is 0 Å². The van der Waals surface area contributed by atoms with Gasteiger partial charge in [-0.3, -0.25) is 0 Å². The summed E-state index contributed by atoms with van der Waals surface area (Å²) in [7, 11) is 2.01. The second kappa shape index (κ2) is 5.17. The highest BCUT2D eigenvalue weighted by Gasteiger charge is 2.46. The van der Waals surface area contributed by atoms with Gasteiger partial charge in [0.15, 0.2) is 0 Å². The van der Waals surface area contributed by atoms with E-state index in [4.69, 9.17) is 14.7 Å². The van der Waals surface area contributed by atoms with E-state index >= 15 is 0 Å². The Labute approximate surface area is 115 Å². The minimum atomic E-state index is 0.209. The lowest BCUT2D eigenvalue weighted by atomic mass is 9.95. The maximum atomic E-state index is 5.45. The predicted molar refractivity (Wildman–Crippen MR) is 74.4 cm³/mol. The molecule has 19 heavy (non-hydrogen) atoms. The highest BCUT2D eigenvalue weighted by Crippen LogP contribution is 2.46. The summed E-state index contributed by atoms with van der Waals surface area (Å²) in [6, 6.07) is 2.16. The largest absolute Gasteiger partial charge is 0.381 e. The lowest BCUT2D eigenvalue weighted by Crippen LogP contribution is -2.27. The summed E-state index contributed by atoms with van der Waals surface area (Å²) in [6.45, 7) is 4.81. The SMILES string of the molecule is CNCC1(c2nc(C)cc(C3CCOCC3)n2)CC1. The summed E-state index contributed by atoms with van der Waals surface area (Å²) in [5, 5.41) is 3.29. The minimum absolute atomic E-state index is 0.209. The molecule has 1 aromatic heterocycles. The Morgan fingerprint density at radius 2 is 2.05 bits per heavy atom. The average Bonchev–Trinajstić information content (AvgIpc) is 3.21. The lowest BCUT2D eigenvalue weighted by molar-refractivity contribution is 0.0844. The molecule has 2 fully saturated rings. The molecule has 0 bridgehead atoms. The van der Waals surface area contributed by atoms with E-state index in [0.29, 0.717) is 5.92 Å². The first-order chi connectivity index (χ1) is 9.23. The molecule has 0 aromatic carbocycles. The fraction of sp³-hybridized carbons (Fsp3) is 0.733. The first-order valence-corrected chi connectivity index (χ1v) is 7.32. The Kier molecular flexibility index (Phi) is 3.54. The van der Waals surface area contributed by atoms with Gasteiger partial charge in [0.1, 0.15) is 5.82 Å². The van der Waals surface area contributed by atoms with Crippen LogP contribution in [0.15, 0.2) is 6.07 Å². The zero-order valence-corrected chi connectivity index (χ0v) is 11.9. The Hall–Kier alpha value is -1.00. The normalized spacial score (nSPS) is 22.4. The molecule has 2 aliphatic rings. The molecule has 1 N–H and O–H groups in total. The number of hydrogen-bond acceptors (Lipinski definition) is 4. The van der Waals surface area contributed by atoms with E-state index in [0.717, 1.165) is 44.1 Å². The van der Waals surface area contributed by atoms with Crippen LogP contribution < -0.4 is 5.32 Å². The number of nitrogens with zero attached hydrogens (tertiary/aromatic N) is 2. The second-order valence-corrected chi connectivity index (χ2v) is 5.96. The standard InChI is InChI=1S/C15H23N3O/c1-11-9-13(12-3-7-19-8-4-12)18-14(17-11)15(5-6-15)10-16-2/h9,12,16H,3-8,10H2,1-2H3. The van der Waals surface area contributed by atoms with E-state index in [1.807, 2.05) is 7.05 Å². The molecule has 1 saturated carbocycles. The van der Waals surface area contributed by atoms with Gasteiger partial charge in [-0.15, -0.1) is 0 Å². The minimum Gasteiger partial charge on any atom is -0.381 e. The van der Waals surface area contributed by atoms with Gasteiger partial charge in [0.05, 0.1) is 0 Å². The molecule has 104 valence electrons. The van der Waals surface area contributed by atoms with E-state index in [9.17, 15) is 0 Å². The fourth-order valence-electron chi connectivity index (χ4n) is 3.00. The second-order valence-electron chi connectivity index (χ2n) is 5.96. The Balaban J connectivity index is 1.87. The zero-order chi connectivity index (χ0) is 13.3. The van der Waals surface area contributed by atoms with Crippen molar-refractivity contribution in [1.29, 1.82) is 0 Å². The smallest absolute Gasteiger partial charge is 0.136 e. The Bertz CT molecular complexity index is 451. The molecule has 0 spiro atoms. The summed E-state index contributed by atoms with van der Waals surface area (Å²) in [4.78, 5) is 9.60. The number of ether oxygens (including phenoxy) is 1. The molecular weight excluding hydrogens is 238 g/mol. The molecular formula is C15H23N3O. The van der Waals surface area contributed by atoms with Crippen molar-refractivity contribution < 1.29 is 4.74 Å². The van der Waals surface area contributed by atoms with Gasteiger partial charge >= 0.3 is 0 Å². The Morgan fingerprint density at radius 1 is 1.32 bits per heavy atom. The van der Waals surface area contributed by atoms with Gasteiger partial charge in [0.25, 0.3) is 0 Å². The number of rotatable bonds is 4. The monoisotopic (exact) mass is 261 g/mol. The highest BCUT2D eigenvalue weighted by atomic mass is 16.5. The molecule has 0 unspecified atom stereocenters. The van der Waals surface area contributed by atoms with Crippen LogP contribution in [0, 0.1) is 6.92 Å². The summed E-state index contributed by atoms with van der Waals surface area (Å²) in [5.74, 6) is 1.61. The first-order valence-electron chi connectivity index (χ1n) is 7.32. The molecule has 4 nitrogen and oxygen atoms in total. The van der Waals surface area contributed by atoms with Crippen molar-refractivity contribution in [2.24, 2.45) is 0 Å². The van der Waals surface area contributed by atoms with Crippen LogP contribution in [-0.4, -0.2) is 36.8 Å². The third-order valence-electron chi connectivity index (χ3n) is 4.36. The van der Waals surface area contributed by atoms with Gasteiger partial charge in [-0.2, -0.15) is 0 Å². The van der Waals surface area contributed by atoms with Gasteiger partial charge < -0.3 is 10.1 Å². The van der Waals surface area contributed by atoms with Crippen LogP contribution in [-0.2, 0) is 10.2 Å². The van der Waals surface area contributed by atoms with Crippen molar-refractivity contribution in [3.05, 3.63) is 23.3 Å². The Morgan fingerprint density at radius 3 is 2.68 bits per heavy atom. The maximum absolute atomic E-state index is 5.45. The van der Waals surface area contributed by atoms with Gasteiger partial charge in [-0.1, -0.05) is 0 Å². The number of likely N-dealkylation sites (N-methyl/N-ethyl adjacent to an activating group) is 1. The molecule has 4 heteroatoms. The molecule has 1 saturated heterocycles. The van der Waals surface area contributed by atoms with Crippen molar-refractivity contribution in [3.8, 4) is 0 Å². The van der Waals surface area contributed by atoms with Crippen LogP contribution in [0.25, 0.3) is 0 Å². The van der Waals surface area contributed by atoms with Crippen LogP contribution in [0.4, 0.5) is 0 Å². The summed E-state index contributed by atoms with van der Waals surface area (Å²) < 4.78 is 5.45. The third-order valence-corrected chi connectivity index (χ3v) is 4.36. The van der Waals surface area contributed by atoms with Crippen LogP contribution in [0.2, 0.25) is 0 Å². The summed E-state index contributed by atoms with van der Waals surface area (Å²) >= 11 is 0. The quantitative estimate of drug-likeness (QED) is 0.899. The maximum Gasteiger partial charge on any atom is 0.136 e. The van der Waals surface area contributed by atoms with E-state index < -0.39 is 0 Å². The summed E-state index contributed by atoms with van der Waals surface area (Å²) in [6.07, 6.45) is 4.61. The topological polar surface area (TPSA) is 47.0 Å². The van der Waals surface area contributed by atoms with Crippen LogP contribution in [0.5, 0.6) is 0 Å². The van der Waals surface area contributed by atoms with E-state index in [-0.39, 0.29) is 5.41 Å². The van der Waals surface area contributed by atoms with Crippen LogP contribution in [0.3, 0.4) is 0 Å². The van der Waals surface area contributed by atoms with Crippen molar-refractivity contribution in [2.45, 2.75) is 43.9 Å². The molecule has 3 rings (SSSR count). The number of nitrogens with one attached hydrogen (secondary N) is 1. The number of aromatic nitrogens is 2. The van der Waals surface area contributed by atoms with Crippen molar-refractivity contribution in [2.75, 3.05) is 26.8 Å². The lowest BCUT2D eigenvalue weighted by Gasteiger charge is -2.23. The predicted octanol–water partition coefficient (Wildman–Crippen LogP) is 1.93. The van der Waals surface area contributed by atoms with Crippen LogP contribution in [0.1, 0.15) is 48.8 Å². The summed E-state index contributed by atoms with van der Waals surface area (Å²) in [5.41, 5.74) is 2.54. The van der Waals surface area contributed by atoms with E-state index in [2.05, 4.69) is 18.3 Å². The van der Waals surface area contributed by atoms with Crippen molar-refractivity contribution >= 4 is 0 Å². The number of hydrogen-bond donors (Lipinski definition) is 1. The molecule has 1 aliphatic heterocycles. The fourth-order valence-corrected chi connectivity index (χ4v) is 3.00. The molecule has 0 radical (unpaired) electrons. The molecule has 1 aliphatic carbocycles. The zero-order valence-electron chi connectivity index (χ0n) is 11.9. The molecule has 2 heterocycles. The van der Waals surface area contributed by atoms with Crippen molar-refractivity contribution in [3.63, 3.8) is 0 Å². The van der Waals surface area contributed by atoms with Gasteiger partial charge in [0, 0.05) is 42.5 Å². The van der Waals surface area contributed by atoms with E-state index in [1.165, 1.54) is 18.5 Å². The molecule has 0 amide bonds. The van der Waals surface area contributed by atoms with Crippen molar-refractivity contribution in [1.82, 2.24) is 15.3 Å². The van der Waals surface area contributed by atoms with Crippen LogP contribution >= 0.6 is 0 Å². The first kappa shape index (κ1) is 13.0. The van der Waals surface area contributed by atoms with Gasteiger partial charge in [-0.25, -0.2) is 9.97 Å². The van der Waals surface area contributed by atoms with Gasteiger partial charge in [0.2, 0.25) is 0 Å². The molecule has 0 atom stereocenters.